The molecule has 0 aromatic heterocycles. The molecule has 0 amide bonds. The fourth-order valence-corrected chi connectivity index (χ4v) is 1.66. The second-order valence-corrected chi connectivity index (χ2v) is 3.28. The Morgan fingerprint density at radius 2 is 2.29 bits per heavy atom. The number of nitrogens with one attached hydrogen (secondary N) is 1. The van der Waals surface area contributed by atoms with Gasteiger partial charge in [0.05, 0.1) is 7.11 Å². The molecule has 0 saturated carbocycles. The van der Waals surface area contributed by atoms with Crippen molar-refractivity contribution < 1.29 is 4.74 Å². The zero-order valence-corrected chi connectivity index (χ0v) is 8.93. The number of hydrogen-bond donors (Lipinski definition) is 2. The Bertz CT molecular complexity index is 317. The van der Waals surface area contributed by atoms with Crippen LogP contribution in [-0.4, -0.2) is 13.7 Å². The first-order chi connectivity index (χ1) is 6.31. The molecule has 3 nitrogen and oxygen atoms in total. The molecular formula is C10H15ClN2O. The molecule has 1 atom stereocenters. The van der Waals surface area contributed by atoms with Crippen LogP contribution in [0.25, 0.3) is 0 Å². The Balaban J connectivity index is 0.000000980. The molecule has 1 aliphatic heterocycles. The van der Waals surface area contributed by atoms with Crippen molar-refractivity contribution in [2.24, 2.45) is 5.73 Å². The van der Waals surface area contributed by atoms with Crippen LogP contribution < -0.4 is 15.8 Å². The molecule has 14 heavy (non-hydrogen) atoms. The first-order valence-electron chi connectivity index (χ1n) is 4.48. The monoisotopic (exact) mass is 214 g/mol. The molecule has 1 aromatic carbocycles. The molecule has 1 heterocycles. The van der Waals surface area contributed by atoms with Crippen molar-refractivity contribution in [3.8, 4) is 5.75 Å². The van der Waals surface area contributed by atoms with Crippen LogP contribution in [0.1, 0.15) is 18.0 Å². The van der Waals surface area contributed by atoms with Crippen LogP contribution in [-0.2, 0) is 0 Å². The molecule has 3 N–H and O–H groups in total. The van der Waals surface area contributed by atoms with Gasteiger partial charge >= 0.3 is 0 Å². The maximum Gasteiger partial charge on any atom is 0.120 e. The van der Waals surface area contributed by atoms with Gasteiger partial charge in [-0.05, 0) is 18.1 Å². The summed E-state index contributed by atoms with van der Waals surface area (Å²) in [5.74, 6) is 0.875. The van der Waals surface area contributed by atoms with Crippen molar-refractivity contribution in [2.45, 2.75) is 12.5 Å². The van der Waals surface area contributed by atoms with E-state index < -0.39 is 0 Å². The summed E-state index contributed by atoms with van der Waals surface area (Å²) in [6.45, 7) is 0.946. The Labute approximate surface area is 90.0 Å². The van der Waals surface area contributed by atoms with Gasteiger partial charge in [-0.3, -0.25) is 0 Å². The molecule has 0 radical (unpaired) electrons. The Morgan fingerprint density at radius 3 is 3.00 bits per heavy atom. The highest BCUT2D eigenvalue weighted by atomic mass is 35.5. The minimum atomic E-state index is 0. The van der Waals surface area contributed by atoms with Crippen LogP contribution in [0.5, 0.6) is 5.75 Å². The molecule has 78 valence electrons. The number of methoxy groups -OCH3 is 1. The number of halogens is 1. The topological polar surface area (TPSA) is 47.3 Å². The zero-order valence-electron chi connectivity index (χ0n) is 8.12. The van der Waals surface area contributed by atoms with Gasteiger partial charge in [0.2, 0.25) is 0 Å². The minimum absolute atomic E-state index is 0. The van der Waals surface area contributed by atoms with Crippen LogP contribution in [0.4, 0.5) is 5.69 Å². The zero-order chi connectivity index (χ0) is 9.26. The molecule has 2 rings (SSSR count). The first kappa shape index (κ1) is 11.1. The van der Waals surface area contributed by atoms with Gasteiger partial charge in [0.15, 0.2) is 0 Å². The van der Waals surface area contributed by atoms with Crippen molar-refractivity contribution in [1.29, 1.82) is 0 Å². The third-order valence-corrected chi connectivity index (χ3v) is 2.43. The Kier molecular flexibility index (Phi) is 3.61. The highest BCUT2D eigenvalue weighted by Crippen LogP contribution is 2.30. The number of hydrogen-bond acceptors (Lipinski definition) is 3. The van der Waals surface area contributed by atoms with Crippen molar-refractivity contribution in [2.75, 3.05) is 19.0 Å². The average molecular weight is 215 g/mol. The summed E-state index contributed by atoms with van der Waals surface area (Å²) in [4.78, 5) is 0. The SMILES string of the molecule is COc1ccc2c(c1)NCCC2N.Cl. The summed E-state index contributed by atoms with van der Waals surface area (Å²) in [7, 11) is 1.67. The smallest absolute Gasteiger partial charge is 0.120 e. The third kappa shape index (κ3) is 1.94. The van der Waals surface area contributed by atoms with E-state index >= 15 is 0 Å². The maximum atomic E-state index is 5.96. The number of fused-ring (bicyclic) bond motifs is 1. The second-order valence-electron chi connectivity index (χ2n) is 3.28. The van der Waals surface area contributed by atoms with Gasteiger partial charge in [0, 0.05) is 24.3 Å². The van der Waals surface area contributed by atoms with Crippen molar-refractivity contribution in [3.05, 3.63) is 23.8 Å². The quantitative estimate of drug-likeness (QED) is 0.751. The van der Waals surface area contributed by atoms with E-state index in [4.69, 9.17) is 10.5 Å². The molecule has 1 aromatic rings. The van der Waals surface area contributed by atoms with Gasteiger partial charge < -0.3 is 15.8 Å². The van der Waals surface area contributed by atoms with Gasteiger partial charge in [-0.15, -0.1) is 12.4 Å². The first-order valence-corrected chi connectivity index (χ1v) is 4.48. The number of nitrogens with two attached hydrogens (primary N) is 1. The molecule has 0 spiro atoms. The highest BCUT2D eigenvalue weighted by Gasteiger charge is 2.16. The van der Waals surface area contributed by atoms with Gasteiger partial charge in [0.1, 0.15) is 5.75 Å². The fraction of sp³-hybridized carbons (Fsp3) is 0.400. The van der Waals surface area contributed by atoms with E-state index in [9.17, 15) is 0 Å². The van der Waals surface area contributed by atoms with E-state index in [1.54, 1.807) is 7.11 Å². The molecule has 0 aliphatic carbocycles. The molecular weight excluding hydrogens is 200 g/mol. The summed E-state index contributed by atoms with van der Waals surface area (Å²) in [6.07, 6.45) is 0.999. The standard InChI is InChI=1S/C10H14N2O.ClH/c1-13-7-2-3-8-9(11)4-5-12-10(8)6-7;/h2-3,6,9,12H,4-5,11H2,1H3;1H. The van der Waals surface area contributed by atoms with E-state index in [-0.39, 0.29) is 18.4 Å². The highest BCUT2D eigenvalue weighted by molar-refractivity contribution is 5.85. The summed E-state index contributed by atoms with van der Waals surface area (Å²) in [5.41, 5.74) is 8.25. The van der Waals surface area contributed by atoms with Crippen LogP contribution >= 0.6 is 12.4 Å². The Morgan fingerprint density at radius 1 is 1.50 bits per heavy atom. The molecule has 4 heteroatoms. The molecule has 1 aliphatic rings. The summed E-state index contributed by atoms with van der Waals surface area (Å²) < 4.78 is 5.13. The van der Waals surface area contributed by atoms with E-state index in [1.165, 1.54) is 5.56 Å². The lowest BCUT2D eigenvalue weighted by molar-refractivity contribution is 0.414. The van der Waals surface area contributed by atoms with Crippen LogP contribution in [0, 0.1) is 0 Å². The number of benzene rings is 1. The number of anilines is 1. The van der Waals surface area contributed by atoms with E-state index in [1.807, 2.05) is 18.2 Å². The summed E-state index contributed by atoms with van der Waals surface area (Å²) in [6, 6.07) is 6.15. The lowest BCUT2D eigenvalue weighted by Gasteiger charge is -2.23. The molecule has 1 unspecified atom stereocenters. The molecule has 0 fully saturated rings. The summed E-state index contributed by atoms with van der Waals surface area (Å²) in [5, 5.41) is 3.31. The minimum Gasteiger partial charge on any atom is -0.497 e. The lowest BCUT2D eigenvalue weighted by atomic mass is 9.99. The Hall–Kier alpha value is -0.930. The lowest BCUT2D eigenvalue weighted by Crippen LogP contribution is -2.22. The van der Waals surface area contributed by atoms with Gasteiger partial charge in [0.25, 0.3) is 0 Å². The van der Waals surface area contributed by atoms with E-state index in [2.05, 4.69) is 5.32 Å². The molecule has 0 bridgehead atoms. The van der Waals surface area contributed by atoms with Crippen LogP contribution in [0.2, 0.25) is 0 Å². The summed E-state index contributed by atoms with van der Waals surface area (Å²) >= 11 is 0. The number of ether oxygens (including phenoxy) is 1. The molecule has 0 saturated heterocycles. The fourth-order valence-electron chi connectivity index (χ4n) is 1.66. The normalized spacial score (nSPS) is 18.9. The van der Waals surface area contributed by atoms with Crippen molar-refractivity contribution in [1.82, 2.24) is 0 Å². The van der Waals surface area contributed by atoms with Gasteiger partial charge in [-0.2, -0.15) is 0 Å². The largest absolute Gasteiger partial charge is 0.497 e. The number of rotatable bonds is 1. The van der Waals surface area contributed by atoms with Crippen LogP contribution in [0.3, 0.4) is 0 Å². The third-order valence-electron chi connectivity index (χ3n) is 2.43. The maximum absolute atomic E-state index is 5.96. The predicted molar refractivity (Wildman–Crippen MR) is 60.3 cm³/mol. The van der Waals surface area contributed by atoms with E-state index in [0.29, 0.717) is 0 Å². The van der Waals surface area contributed by atoms with Gasteiger partial charge in [-0.25, -0.2) is 0 Å². The average Bonchev–Trinajstić information content (AvgIpc) is 2.18. The predicted octanol–water partition coefficient (Wildman–Crippen LogP) is 1.93. The van der Waals surface area contributed by atoms with Crippen molar-refractivity contribution in [3.63, 3.8) is 0 Å². The van der Waals surface area contributed by atoms with E-state index in [0.717, 1.165) is 24.4 Å². The van der Waals surface area contributed by atoms with Crippen LogP contribution in [0.15, 0.2) is 18.2 Å². The van der Waals surface area contributed by atoms with Gasteiger partial charge in [-0.1, -0.05) is 6.07 Å². The second kappa shape index (κ2) is 4.53. The van der Waals surface area contributed by atoms with Crippen molar-refractivity contribution >= 4 is 18.1 Å².